The highest BCUT2D eigenvalue weighted by Gasteiger charge is 2.29. The van der Waals surface area contributed by atoms with E-state index in [2.05, 4.69) is 37.9 Å². The van der Waals surface area contributed by atoms with Crippen LogP contribution in [-0.2, 0) is 0 Å². The van der Waals surface area contributed by atoms with E-state index < -0.39 is 5.82 Å². The lowest BCUT2D eigenvalue weighted by atomic mass is 10.2. The average Bonchev–Trinajstić information content (AvgIpc) is 3.27. The third kappa shape index (κ3) is 2.61. The zero-order valence-corrected chi connectivity index (χ0v) is 13.7. The van der Waals surface area contributed by atoms with Crippen LogP contribution in [0.25, 0.3) is 11.4 Å². The highest BCUT2D eigenvalue weighted by Crippen LogP contribution is 2.43. The Balaban J connectivity index is 2.12. The second kappa shape index (κ2) is 5.44. The van der Waals surface area contributed by atoms with Crippen LogP contribution in [0.4, 0.5) is 10.2 Å². The van der Waals surface area contributed by atoms with Crippen LogP contribution in [0.5, 0.6) is 0 Å². The molecule has 6 heteroatoms. The molecule has 0 spiro atoms. The van der Waals surface area contributed by atoms with E-state index in [1.54, 1.807) is 12.1 Å². The van der Waals surface area contributed by atoms with Crippen molar-refractivity contribution < 1.29 is 4.39 Å². The maximum atomic E-state index is 13.3. The van der Waals surface area contributed by atoms with Crippen molar-refractivity contribution in [3.63, 3.8) is 0 Å². The van der Waals surface area contributed by atoms with E-state index in [9.17, 15) is 4.39 Å². The summed E-state index contributed by atoms with van der Waals surface area (Å²) >= 11 is 8.11. The molecule has 0 amide bonds. The summed E-state index contributed by atoms with van der Waals surface area (Å²) in [7, 11) is 1.84. The molecule has 0 saturated heterocycles. The lowest BCUT2D eigenvalue weighted by molar-refractivity contribution is 0.628. The van der Waals surface area contributed by atoms with Gasteiger partial charge in [-0.1, -0.05) is 11.6 Å². The van der Waals surface area contributed by atoms with Crippen LogP contribution in [0.15, 0.2) is 18.2 Å². The Bertz CT molecular complexity index is 674. The second-order valence-corrected chi connectivity index (χ2v) is 6.23. The molecular weight excluding hydrogens is 392 g/mol. The molecule has 0 bridgehead atoms. The van der Waals surface area contributed by atoms with Crippen molar-refractivity contribution in [1.82, 2.24) is 9.97 Å². The minimum atomic E-state index is -0.433. The monoisotopic (exact) mass is 403 g/mol. The molecule has 20 heavy (non-hydrogen) atoms. The van der Waals surface area contributed by atoms with Gasteiger partial charge in [0, 0.05) is 18.5 Å². The van der Waals surface area contributed by atoms with Crippen molar-refractivity contribution in [2.24, 2.45) is 0 Å². The Morgan fingerprint density at radius 1 is 1.35 bits per heavy atom. The first kappa shape index (κ1) is 14.0. The fourth-order valence-electron chi connectivity index (χ4n) is 2.02. The summed E-state index contributed by atoms with van der Waals surface area (Å²) in [5.41, 5.74) is 1.80. The van der Waals surface area contributed by atoms with E-state index in [1.807, 2.05) is 7.05 Å². The van der Waals surface area contributed by atoms with Gasteiger partial charge in [-0.3, -0.25) is 0 Å². The predicted molar refractivity (Wildman–Crippen MR) is 86.7 cm³/mol. The minimum absolute atomic E-state index is 0.0867. The maximum absolute atomic E-state index is 13.3. The topological polar surface area (TPSA) is 37.8 Å². The van der Waals surface area contributed by atoms with Gasteiger partial charge >= 0.3 is 0 Å². The molecule has 0 aliphatic heterocycles. The van der Waals surface area contributed by atoms with E-state index >= 15 is 0 Å². The van der Waals surface area contributed by atoms with Gasteiger partial charge < -0.3 is 5.32 Å². The molecular formula is C14H12ClFIN3. The van der Waals surface area contributed by atoms with Crippen molar-refractivity contribution in [2.75, 3.05) is 12.4 Å². The summed E-state index contributed by atoms with van der Waals surface area (Å²) in [4.78, 5) is 9.14. The van der Waals surface area contributed by atoms with Gasteiger partial charge in [0.15, 0.2) is 5.82 Å². The van der Waals surface area contributed by atoms with Gasteiger partial charge in [-0.2, -0.15) is 0 Å². The molecule has 2 aromatic rings. The lowest BCUT2D eigenvalue weighted by Gasteiger charge is -2.11. The Labute approximate surface area is 135 Å². The first-order valence-electron chi connectivity index (χ1n) is 6.30. The SMILES string of the molecule is CNc1nc(-c2ccc(F)c(Cl)c2)nc(C2CC2)c1I. The van der Waals surface area contributed by atoms with E-state index in [0.29, 0.717) is 11.7 Å². The number of benzene rings is 1. The molecule has 1 aliphatic rings. The van der Waals surface area contributed by atoms with Crippen LogP contribution >= 0.6 is 34.2 Å². The fourth-order valence-corrected chi connectivity index (χ4v) is 3.15. The summed E-state index contributed by atoms with van der Waals surface area (Å²) in [5.74, 6) is 1.47. The normalized spacial score (nSPS) is 14.4. The van der Waals surface area contributed by atoms with Gasteiger partial charge in [0.2, 0.25) is 0 Å². The van der Waals surface area contributed by atoms with Gasteiger partial charge in [-0.25, -0.2) is 14.4 Å². The van der Waals surface area contributed by atoms with E-state index in [4.69, 9.17) is 11.6 Å². The molecule has 3 nitrogen and oxygen atoms in total. The number of nitrogens with zero attached hydrogens (tertiary/aromatic N) is 2. The summed E-state index contributed by atoms with van der Waals surface area (Å²) in [6, 6.07) is 4.56. The molecule has 1 fully saturated rings. The summed E-state index contributed by atoms with van der Waals surface area (Å²) in [6.45, 7) is 0. The maximum Gasteiger partial charge on any atom is 0.161 e. The number of hydrogen-bond donors (Lipinski definition) is 1. The van der Waals surface area contributed by atoms with Crippen molar-refractivity contribution in [3.05, 3.63) is 38.3 Å². The first-order valence-corrected chi connectivity index (χ1v) is 7.76. The molecule has 0 atom stereocenters. The second-order valence-electron chi connectivity index (χ2n) is 4.75. The van der Waals surface area contributed by atoms with Crippen LogP contribution in [0, 0.1) is 9.39 Å². The summed E-state index contributed by atoms with van der Waals surface area (Å²) in [6.07, 6.45) is 2.33. The molecule has 104 valence electrons. The van der Waals surface area contributed by atoms with Crippen molar-refractivity contribution in [2.45, 2.75) is 18.8 Å². The smallest absolute Gasteiger partial charge is 0.161 e. The zero-order valence-electron chi connectivity index (χ0n) is 10.8. The van der Waals surface area contributed by atoms with Crippen LogP contribution in [0.1, 0.15) is 24.5 Å². The fraction of sp³-hybridized carbons (Fsp3) is 0.286. The molecule has 0 unspecified atom stereocenters. The van der Waals surface area contributed by atoms with Crippen molar-refractivity contribution >= 4 is 40.0 Å². The van der Waals surface area contributed by atoms with E-state index in [-0.39, 0.29) is 5.02 Å². The number of rotatable bonds is 3. The zero-order chi connectivity index (χ0) is 14.3. The number of halogens is 3. The van der Waals surface area contributed by atoms with Gasteiger partial charge in [0.05, 0.1) is 14.3 Å². The molecule has 1 aromatic carbocycles. The average molecular weight is 404 g/mol. The lowest BCUT2D eigenvalue weighted by Crippen LogP contribution is -2.04. The van der Waals surface area contributed by atoms with Gasteiger partial charge in [0.1, 0.15) is 11.6 Å². The van der Waals surface area contributed by atoms with Gasteiger partial charge in [0.25, 0.3) is 0 Å². The molecule has 1 N–H and O–H groups in total. The molecule has 0 radical (unpaired) electrons. The largest absolute Gasteiger partial charge is 0.372 e. The highest BCUT2D eigenvalue weighted by molar-refractivity contribution is 14.1. The number of hydrogen-bond acceptors (Lipinski definition) is 3. The Morgan fingerprint density at radius 3 is 2.70 bits per heavy atom. The highest BCUT2D eigenvalue weighted by atomic mass is 127. The Hall–Kier alpha value is -0.950. The van der Waals surface area contributed by atoms with Gasteiger partial charge in [-0.05, 0) is 53.6 Å². The van der Waals surface area contributed by atoms with Crippen LogP contribution in [0.3, 0.4) is 0 Å². The van der Waals surface area contributed by atoms with Gasteiger partial charge in [-0.15, -0.1) is 0 Å². The van der Waals surface area contributed by atoms with Crippen LogP contribution < -0.4 is 5.32 Å². The molecule has 1 heterocycles. The molecule has 3 rings (SSSR count). The standard InChI is InChI=1S/C14H12ClFIN3/c1-18-14-11(17)12(7-2-3-7)19-13(20-14)8-4-5-10(16)9(15)6-8/h4-7H,2-3H2,1H3,(H,18,19,20). The number of anilines is 1. The third-order valence-corrected chi connectivity index (χ3v) is 4.61. The number of aromatic nitrogens is 2. The molecule has 1 aliphatic carbocycles. The van der Waals surface area contributed by atoms with Crippen LogP contribution in [0.2, 0.25) is 5.02 Å². The predicted octanol–water partition coefficient (Wildman–Crippen LogP) is 4.46. The van der Waals surface area contributed by atoms with E-state index in [1.165, 1.54) is 18.9 Å². The van der Waals surface area contributed by atoms with Crippen LogP contribution in [-0.4, -0.2) is 17.0 Å². The quantitative estimate of drug-likeness (QED) is 0.769. The van der Waals surface area contributed by atoms with Crippen molar-refractivity contribution in [1.29, 1.82) is 0 Å². The summed E-state index contributed by atoms with van der Waals surface area (Å²) < 4.78 is 14.3. The van der Waals surface area contributed by atoms with Crippen molar-refractivity contribution in [3.8, 4) is 11.4 Å². The van der Waals surface area contributed by atoms with E-state index in [0.717, 1.165) is 20.6 Å². The molecule has 1 aromatic heterocycles. The molecule has 1 saturated carbocycles. The summed E-state index contributed by atoms with van der Waals surface area (Å²) in [5, 5.41) is 3.18. The Kier molecular flexibility index (Phi) is 3.81. The minimum Gasteiger partial charge on any atom is -0.372 e. The number of nitrogens with one attached hydrogen (secondary N) is 1. The third-order valence-electron chi connectivity index (χ3n) is 3.26. The first-order chi connectivity index (χ1) is 9.60. The Morgan fingerprint density at radius 2 is 2.10 bits per heavy atom.